The topological polar surface area (TPSA) is 172 Å². The zero-order valence-electron chi connectivity index (χ0n) is 32.5. The molecule has 0 spiro atoms. The minimum absolute atomic E-state index is 0.0105. The summed E-state index contributed by atoms with van der Waals surface area (Å²) in [5.74, 6) is -1.96. The number of hydrogen-bond donors (Lipinski definition) is 1. The Bertz CT molecular complexity index is 2320. The number of hydrogen-bond acceptors (Lipinski definition) is 11. The quantitative estimate of drug-likeness (QED) is 0.126. The number of rotatable bonds is 12. The molecule has 0 fully saturated rings. The number of methoxy groups -OCH3 is 2. The highest BCUT2D eigenvalue weighted by Gasteiger charge is 2.35. The number of amides is 2. The maximum Gasteiger partial charge on any atom is 0.419 e. The van der Waals surface area contributed by atoms with Crippen molar-refractivity contribution in [2.75, 3.05) is 33.6 Å². The second-order valence-electron chi connectivity index (χ2n) is 14.7. The fraction of sp³-hybridized carbons (Fsp3) is 0.375. The molecule has 3 heterocycles. The summed E-state index contributed by atoms with van der Waals surface area (Å²) in [5, 5.41) is 3.67. The van der Waals surface area contributed by atoms with E-state index in [-0.39, 0.29) is 80.7 Å². The molecular weight excluding hydrogens is 730 g/mol. The van der Waals surface area contributed by atoms with Gasteiger partial charge in [-0.1, -0.05) is 32.4 Å². The normalized spacial score (nSPS) is 12.1. The standard InChI is InChI=1S/C40H44ClN5O9/c1-20(2)28(47)13-21(3)36(49)44-38-42-18-22(19-43-38)14-23-15-30(52-9)35(53-10)34-25(23)17-29(54-34)33(48)31-26-16-24(41)11-12-27(26)46(32(31)37(50)45(7)8)39(51)55-40(4,5)6/h11-12,15-21H,13-14H2,1-10H3,(H,42,43,44,49). The first-order valence-electron chi connectivity index (χ1n) is 17.5. The highest BCUT2D eigenvalue weighted by atomic mass is 35.5. The minimum atomic E-state index is -0.917. The molecule has 1 atom stereocenters. The molecule has 0 aliphatic heterocycles. The Morgan fingerprint density at radius 2 is 1.64 bits per heavy atom. The zero-order chi connectivity index (χ0) is 40.5. The molecule has 0 radical (unpaired) electrons. The van der Waals surface area contributed by atoms with Crippen molar-refractivity contribution in [3.63, 3.8) is 0 Å². The van der Waals surface area contributed by atoms with Crippen molar-refractivity contribution in [1.82, 2.24) is 19.4 Å². The van der Waals surface area contributed by atoms with Crippen LogP contribution in [0.5, 0.6) is 11.5 Å². The molecule has 5 aromatic rings. The monoisotopic (exact) mass is 773 g/mol. The van der Waals surface area contributed by atoms with E-state index in [4.69, 9.17) is 30.2 Å². The van der Waals surface area contributed by atoms with Gasteiger partial charge in [-0.2, -0.15) is 0 Å². The number of nitrogens with zero attached hydrogens (tertiary/aromatic N) is 4. The Kier molecular flexibility index (Phi) is 11.7. The first-order valence-corrected chi connectivity index (χ1v) is 17.9. The van der Waals surface area contributed by atoms with E-state index in [0.29, 0.717) is 22.3 Å². The molecule has 0 saturated heterocycles. The van der Waals surface area contributed by atoms with Crippen LogP contribution in [0.15, 0.2) is 47.1 Å². The van der Waals surface area contributed by atoms with Crippen molar-refractivity contribution in [3.8, 4) is 11.5 Å². The summed E-state index contributed by atoms with van der Waals surface area (Å²) < 4.78 is 24.3. The lowest BCUT2D eigenvalue weighted by atomic mass is 9.97. The SMILES string of the molecule is COc1cc(Cc2cnc(NC(=O)C(C)CC(=O)C(C)C)nc2)c2cc(C(=O)c3c(C(=O)N(C)C)n(C(=O)OC(C)(C)C)c4ccc(Cl)cc34)oc2c1OC. The minimum Gasteiger partial charge on any atom is -0.493 e. The second kappa shape index (κ2) is 15.9. The van der Waals surface area contributed by atoms with Crippen LogP contribution in [0.25, 0.3) is 21.9 Å². The Balaban J connectivity index is 1.59. The molecule has 0 aliphatic rings. The van der Waals surface area contributed by atoms with Gasteiger partial charge in [-0.25, -0.2) is 19.3 Å². The summed E-state index contributed by atoms with van der Waals surface area (Å²) in [7, 11) is 5.91. The van der Waals surface area contributed by atoms with Crippen LogP contribution < -0.4 is 14.8 Å². The van der Waals surface area contributed by atoms with Gasteiger partial charge in [0.2, 0.25) is 23.4 Å². The Hall–Kier alpha value is -5.76. The maximum atomic E-state index is 14.7. The van der Waals surface area contributed by atoms with E-state index in [1.54, 1.807) is 72.1 Å². The van der Waals surface area contributed by atoms with Gasteiger partial charge in [0.1, 0.15) is 17.1 Å². The number of anilines is 1. The van der Waals surface area contributed by atoms with Gasteiger partial charge < -0.3 is 23.5 Å². The molecule has 0 saturated carbocycles. The van der Waals surface area contributed by atoms with E-state index in [9.17, 15) is 24.0 Å². The van der Waals surface area contributed by atoms with Crippen molar-refractivity contribution in [3.05, 3.63) is 75.9 Å². The first-order chi connectivity index (χ1) is 25.8. The van der Waals surface area contributed by atoms with Crippen molar-refractivity contribution >= 4 is 68.9 Å². The van der Waals surface area contributed by atoms with Crippen LogP contribution in [-0.2, 0) is 20.7 Å². The van der Waals surface area contributed by atoms with E-state index in [1.165, 1.54) is 45.3 Å². The lowest BCUT2D eigenvalue weighted by Crippen LogP contribution is -2.32. The zero-order valence-corrected chi connectivity index (χ0v) is 33.2. The number of carbonyl (C=O) groups is 5. The third kappa shape index (κ3) is 8.49. The van der Waals surface area contributed by atoms with Crippen LogP contribution in [0.4, 0.5) is 10.7 Å². The van der Waals surface area contributed by atoms with Crippen LogP contribution in [0, 0.1) is 11.8 Å². The van der Waals surface area contributed by atoms with Crippen LogP contribution >= 0.6 is 11.6 Å². The highest BCUT2D eigenvalue weighted by Crippen LogP contribution is 2.42. The summed E-state index contributed by atoms with van der Waals surface area (Å²) in [6, 6.07) is 7.88. The van der Waals surface area contributed by atoms with E-state index < -0.39 is 29.3 Å². The second-order valence-corrected chi connectivity index (χ2v) is 15.1. The third-order valence-corrected chi connectivity index (χ3v) is 8.97. The van der Waals surface area contributed by atoms with Crippen molar-refractivity contribution < 1.29 is 42.6 Å². The predicted molar refractivity (Wildman–Crippen MR) is 206 cm³/mol. The fourth-order valence-electron chi connectivity index (χ4n) is 5.94. The number of ether oxygens (including phenoxy) is 3. The van der Waals surface area contributed by atoms with E-state index in [0.717, 1.165) is 4.57 Å². The predicted octanol–water partition coefficient (Wildman–Crippen LogP) is 7.34. The largest absolute Gasteiger partial charge is 0.493 e. The maximum absolute atomic E-state index is 14.7. The van der Waals surface area contributed by atoms with Crippen LogP contribution in [-0.4, -0.2) is 82.8 Å². The number of benzene rings is 2. The molecule has 0 aliphatic carbocycles. The number of ketones is 2. The molecule has 290 valence electrons. The van der Waals surface area contributed by atoms with Gasteiger partial charge in [0.15, 0.2) is 17.1 Å². The molecule has 1 N–H and O–H groups in total. The van der Waals surface area contributed by atoms with Gasteiger partial charge in [-0.15, -0.1) is 0 Å². The molecule has 14 nitrogen and oxygen atoms in total. The number of nitrogens with one attached hydrogen (secondary N) is 1. The van der Waals surface area contributed by atoms with Gasteiger partial charge in [0, 0.05) is 67.0 Å². The van der Waals surface area contributed by atoms with Crippen LogP contribution in [0.2, 0.25) is 5.02 Å². The Morgan fingerprint density at radius 3 is 2.22 bits per heavy atom. The van der Waals surface area contributed by atoms with Gasteiger partial charge in [0.25, 0.3) is 5.91 Å². The highest BCUT2D eigenvalue weighted by molar-refractivity contribution is 6.32. The van der Waals surface area contributed by atoms with Crippen LogP contribution in [0.3, 0.4) is 0 Å². The lowest BCUT2D eigenvalue weighted by molar-refractivity contribution is -0.127. The van der Waals surface area contributed by atoms with Gasteiger partial charge >= 0.3 is 6.09 Å². The van der Waals surface area contributed by atoms with Gasteiger partial charge in [-0.05, 0) is 62.2 Å². The molecule has 0 bridgehead atoms. The average Bonchev–Trinajstić information content (AvgIpc) is 3.71. The molecule has 3 aromatic heterocycles. The first kappa shape index (κ1) is 40.4. The molecule has 1 unspecified atom stereocenters. The summed E-state index contributed by atoms with van der Waals surface area (Å²) in [4.78, 5) is 76.9. The smallest absolute Gasteiger partial charge is 0.419 e. The summed E-state index contributed by atoms with van der Waals surface area (Å²) >= 11 is 6.41. The molecule has 5 rings (SSSR count). The summed E-state index contributed by atoms with van der Waals surface area (Å²) in [6.07, 6.45) is 2.60. The number of fused-ring (bicyclic) bond motifs is 2. The third-order valence-electron chi connectivity index (χ3n) is 8.74. The molecule has 2 amide bonds. The van der Waals surface area contributed by atoms with Crippen molar-refractivity contribution in [2.45, 2.75) is 60.0 Å². The number of furan rings is 1. The van der Waals surface area contributed by atoms with E-state index in [2.05, 4.69) is 15.3 Å². The van der Waals surface area contributed by atoms with Gasteiger partial charge in [-0.3, -0.25) is 24.5 Å². The van der Waals surface area contributed by atoms with Crippen molar-refractivity contribution in [2.24, 2.45) is 11.8 Å². The molecule has 2 aromatic carbocycles. The number of Topliss-reactive ketones (excluding diaryl/α,β-unsaturated/α-hetero) is 1. The number of halogens is 1. The number of carbonyl (C=O) groups excluding carboxylic acids is 5. The molecule has 15 heteroatoms. The van der Waals surface area contributed by atoms with Gasteiger partial charge in [0.05, 0.1) is 25.3 Å². The molecule has 55 heavy (non-hydrogen) atoms. The fourth-order valence-corrected chi connectivity index (χ4v) is 6.11. The summed E-state index contributed by atoms with van der Waals surface area (Å²) in [6.45, 7) is 10.3. The van der Waals surface area contributed by atoms with E-state index >= 15 is 0 Å². The Morgan fingerprint density at radius 1 is 0.964 bits per heavy atom. The number of aromatic nitrogens is 3. The van der Waals surface area contributed by atoms with Crippen molar-refractivity contribution in [1.29, 1.82) is 0 Å². The average molecular weight is 774 g/mol. The Labute approximate surface area is 323 Å². The molecular formula is C40H44ClN5O9. The lowest BCUT2D eigenvalue weighted by Gasteiger charge is -2.21. The van der Waals surface area contributed by atoms with Crippen LogP contribution in [0.1, 0.15) is 85.7 Å². The summed E-state index contributed by atoms with van der Waals surface area (Å²) in [5.41, 5.74) is 0.489. The van der Waals surface area contributed by atoms with E-state index in [1.807, 2.05) is 0 Å².